The number of aromatic nitrogens is 1. The summed E-state index contributed by atoms with van der Waals surface area (Å²) in [7, 11) is 0. The van der Waals surface area contributed by atoms with Crippen molar-refractivity contribution in [1.29, 1.82) is 0 Å². The molecule has 1 amide bonds. The first kappa shape index (κ1) is 13.9. The number of hydrogen-bond acceptors (Lipinski definition) is 5. The van der Waals surface area contributed by atoms with Gasteiger partial charge in [-0.1, -0.05) is 12.1 Å². The van der Waals surface area contributed by atoms with Gasteiger partial charge in [0.05, 0.1) is 12.2 Å². The van der Waals surface area contributed by atoms with Crippen molar-refractivity contribution in [2.24, 2.45) is 0 Å². The molecular weight excluding hydrogens is 264 g/mol. The summed E-state index contributed by atoms with van der Waals surface area (Å²) in [6, 6.07) is 2.84. The number of aryl methyl sites for hydroxylation is 2. The molecule has 2 heterocycles. The second-order valence-corrected chi connectivity index (χ2v) is 4.17. The first-order valence-corrected chi connectivity index (χ1v) is 6.08. The van der Waals surface area contributed by atoms with Gasteiger partial charge in [0.1, 0.15) is 17.1 Å². The lowest BCUT2D eigenvalue weighted by Gasteiger charge is -2.03. The lowest BCUT2D eigenvalue weighted by atomic mass is 10.1. The Balaban J connectivity index is 2.04. The van der Waals surface area contributed by atoms with Gasteiger partial charge in [-0.25, -0.2) is 4.79 Å². The van der Waals surface area contributed by atoms with Gasteiger partial charge in [0.15, 0.2) is 0 Å². The average molecular weight is 278 g/mol. The maximum atomic E-state index is 12.1. The van der Waals surface area contributed by atoms with Crippen LogP contribution in [0, 0.1) is 6.92 Å². The molecule has 0 atom stereocenters. The van der Waals surface area contributed by atoms with E-state index in [0.29, 0.717) is 29.2 Å². The molecule has 0 aliphatic carbocycles. The molecule has 0 aliphatic heterocycles. The van der Waals surface area contributed by atoms with Crippen LogP contribution in [0.1, 0.15) is 45.1 Å². The van der Waals surface area contributed by atoms with Gasteiger partial charge in [-0.3, -0.25) is 4.79 Å². The highest BCUT2D eigenvalue weighted by atomic mass is 16.5. The number of carboxylic acid groups (broad SMARTS) is 1. The van der Waals surface area contributed by atoms with Gasteiger partial charge in [0.25, 0.3) is 5.91 Å². The second kappa shape index (κ2) is 5.60. The third-order valence-electron chi connectivity index (χ3n) is 2.79. The summed E-state index contributed by atoms with van der Waals surface area (Å²) in [5.41, 5.74) is 1.00. The molecule has 7 heteroatoms. The predicted molar refractivity (Wildman–Crippen MR) is 67.5 cm³/mol. The van der Waals surface area contributed by atoms with Crippen LogP contribution in [-0.4, -0.2) is 22.1 Å². The van der Waals surface area contributed by atoms with E-state index < -0.39 is 5.97 Å². The highest BCUT2D eigenvalue weighted by molar-refractivity contribution is 5.96. The molecule has 0 saturated carbocycles. The first-order chi connectivity index (χ1) is 9.52. The summed E-state index contributed by atoms with van der Waals surface area (Å²) < 4.78 is 10.0. The Labute approximate surface area is 114 Å². The SMILES string of the molecule is CCc1noc(C)c1C(=O)NCc1ccc(C(=O)O)o1. The van der Waals surface area contributed by atoms with Crippen molar-refractivity contribution in [3.05, 3.63) is 40.7 Å². The number of amides is 1. The fourth-order valence-corrected chi connectivity index (χ4v) is 1.79. The molecule has 2 rings (SSSR count). The number of furan rings is 1. The Bertz CT molecular complexity index is 641. The summed E-state index contributed by atoms with van der Waals surface area (Å²) in [6.45, 7) is 3.64. The number of nitrogens with zero attached hydrogens (tertiary/aromatic N) is 1. The number of hydrogen-bond donors (Lipinski definition) is 2. The molecule has 0 saturated heterocycles. The van der Waals surface area contributed by atoms with E-state index >= 15 is 0 Å². The third-order valence-corrected chi connectivity index (χ3v) is 2.79. The highest BCUT2D eigenvalue weighted by Crippen LogP contribution is 2.14. The Hall–Kier alpha value is -2.57. The largest absolute Gasteiger partial charge is 0.475 e. The Morgan fingerprint density at radius 2 is 2.15 bits per heavy atom. The molecule has 0 fully saturated rings. The van der Waals surface area contributed by atoms with Crippen molar-refractivity contribution in [2.45, 2.75) is 26.8 Å². The molecule has 0 bridgehead atoms. The van der Waals surface area contributed by atoms with E-state index in [2.05, 4.69) is 10.5 Å². The second-order valence-electron chi connectivity index (χ2n) is 4.17. The average Bonchev–Trinajstić information content (AvgIpc) is 3.02. The quantitative estimate of drug-likeness (QED) is 0.863. The molecule has 0 aromatic carbocycles. The third kappa shape index (κ3) is 2.71. The van der Waals surface area contributed by atoms with E-state index in [1.54, 1.807) is 6.92 Å². The van der Waals surface area contributed by atoms with E-state index in [1.165, 1.54) is 12.1 Å². The molecule has 2 aromatic heterocycles. The molecule has 0 radical (unpaired) electrons. The van der Waals surface area contributed by atoms with Gasteiger partial charge in [0, 0.05) is 0 Å². The molecule has 2 N–H and O–H groups in total. The minimum absolute atomic E-state index is 0.0971. The Morgan fingerprint density at radius 1 is 1.40 bits per heavy atom. The summed E-state index contributed by atoms with van der Waals surface area (Å²) in [5, 5.41) is 15.2. The number of carbonyl (C=O) groups is 2. The van der Waals surface area contributed by atoms with Gasteiger partial charge in [-0.2, -0.15) is 0 Å². The maximum Gasteiger partial charge on any atom is 0.371 e. The van der Waals surface area contributed by atoms with E-state index in [4.69, 9.17) is 14.0 Å². The molecule has 7 nitrogen and oxygen atoms in total. The minimum atomic E-state index is -1.15. The van der Waals surface area contributed by atoms with Crippen LogP contribution in [0.3, 0.4) is 0 Å². The zero-order valence-corrected chi connectivity index (χ0v) is 11.1. The number of rotatable bonds is 5. The Kier molecular flexibility index (Phi) is 3.88. The van der Waals surface area contributed by atoms with Crippen LogP contribution in [0.15, 0.2) is 21.1 Å². The van der Waals surface area contributed by atoms with Crippen molar-refractivity contribution in [2.75, 3.05) is 0 Å². The number of aromatic carboxylic acids is 1. The summed E-state index contributed by atoms with van der Waals surface area (Å²) in [4.78, 5) is 22.7. The summed E-state index contributed by atoms with van der Waals surface area (Å²) in [5.74, 6) is -0.822. The first-order valence-electron chi connectivity index (χ1n) is 6.08. The fourth-order valence-electron chi connectivity index (χ4n) is 1.79. The standard InChI is InChI=1S/C13H14N2O5/c1-3-9-11(7(2)20-15-9)12(16)14-6-8-4-5-10(19-8)13(17)18/h4-5H,3,6H2,1-2H3,(H,14,16)(H,17,18). The van der Waals surface area contributed by atoms with Crippen molar-refractivity contribution >= 4 is 11.9 Å². The van der Waals surface area contributed by atoms with Crippen molar-refractivity contribution < 1.29 is 23.6 Å². The highest BCUT2D eigenvalue weighted by Gasteiger charge is 2.19. The lowest BCUT2D eigenvalue weighted by Crippen LogP contribution is -2.24. The van der Waals surface area contributed by atoms with Crippen LogP contribution in [0.25, 0.3) is 0 Å². The van der Waals surface area contributed by atoms with Crippen LogP contribution < -0.4 is 5.32 Å². The molecule has 0 unspecified atom stereocenters. The van der Waals surface area contributed by atoms with Gasteiger partial charge < -0.3 is 19.4 Å². The van der Waals surface area contributed by atoms with E-state index in [9.17, 15) is 9.59 Å². The van der Waals surface area contributed by atoms with Crippen molar-refractivity contribution in [3.8, 4) is 0 Å². The van der Waals surface area contributed by atoms with Crippen LogP contribution in [0.5, 0.6) is 0 Å². The van der Waals surface area contributed by atoms with Gasteiger partial charge in [-0.15, -0.1) is 0 Å². The van der Waals surface area contributed by atoms with Gasteiger partial charge in [0.2, 0.25) is 5.76 Å². The van der Waals surface area contributed by atoms with Crippen LogP contribution in [-0.2, 0) is 13.0 Å². The van der Waals surface area contributed by atoms with Crippen molar-refractivity contribution in [3.63, 3.8) is 0 Å². The number of carbonyl (C=O) groups excluding carboxylic acids is 1. The monoisotopic (exact) mass is 278 g/mol. The van der Waals surface area contributed by atoms with Gasteiger partial charge >= 0.3 is 5.97 Å². The maximum absolute atomic E-state index is 12.1. The van der Waals surface area contributed by atoms with E-state index in [-0.39, 0.29) is 18.2 Å². The zero-order valence-electron chi connectivity index (χ0n) is 11.1. The summed E-state index contributed by atoms with van der Waals surface area (Å²) in [6.07, 6.45) is 0.587. The smallest absolute Gasteiger partial charge is 0.371 e. The zero-order chi connectivity index (χ0) is 14.7. The molecule has 2 aromatic rings. The molecular formula is C13H14N2O5. The molecule has 20 heavy (non-hydrogen) atoms. The van der Waals surface area contributed by atoms with Crippen LogP contribution in [0.4, 0.5) is 0 Å². The van der Waals surface area contributed by atoms with Crippen molar-refractivity contribution in [1.82, 2.24) is 10.5 Å². The van der Waals surface area contributed by atoms with E-state index in [1.807, 2.05) is 6.92 Å². The number of nitrogens with one attached hydrogen (secondary N) is 1. The van der Waals surface area contributed by atoms with Crippen LogP contribution >= 0.6 is 0 Å². The normalized spacial score (nSPS) is 10.5. The summed E-state index contributed by atoms with van der Waals surface area (Å²) >= 11 is 0. The minimum Gasteiger partial charge on any atom is -0.475 e. The van der Waals surface area contributed by atoms with E-state index in [0.717, 1.165) is 0 Å². The van der Waals surface area contributed by atoms with Gasteiger partial charge in [-0.05, 0) is 25.5 Å². The van der Waals surface area contributed by atoms with Crippen LogP contribution in [0.2, 0.25) is 0 Å². The predicted octanol–water partition coefficient (Wildman–Crippen LogP) is 1.77. The Morgan fingerprint density at radius 3 is 2.75 bits per heavy atom. The fraction of sp³-hybridized carbons (Fsp3) is 0.308. The topological polar surface area (TPSA) is 106 Å². The molecule has 0 spiro atoms. The number of carboxylic acids is 1. The lowest BCUT2D eigenvalue weighted by molar-refractivity contribution is 0.0660. The molecule has 106 valence electrons. The molecule has 0 aliphatic rings.